The average Bonchev–Trinajstić information content (AvgIpc) is 3.06. The zero-order chi connectivity index (χ0) is 15.9. The molecule has 0 unspecified atom stereocenters. The second kappa shape index (κ2) is 7.53. The summed E-state index contributed by atoms with van der Waals surface area (Å²) in [5.41, 5.74) is 4.00. The van der Waals surface area contributed by atoms with Gasteiger partial charge in [0.2, 0.25) is 0 Å². The number of rotatable bonds is 7. The summed E-state index contributed by atoms with van der Waals surface area (Å²) in [4.78, 5) is 4.36. The molecule has 23 heavy (non-hydrogen) atoms. The molecule has 0 fully saturated rings. The average molecular weight is 311 g/mol. The minimum absolute atomic E-state index is 0.408. The van der Waals surface area contributed by atoms with Gasteiger partial charge in [-0.3, -0.25) is 0 Å². The van der Waals surface area contributed by atoms with Crippen LogP contribution in [0.1, 0.15) is 11.4 Å². The van der Waals surface area contributed by atoms with Crippen LogP contribution in [0.5, 0.6) is 5.75 Å². The quantitative estimate of drug-likeness (QED) is 0.653. The second-order valence-electron chi connectivity index (χ2n) is 4.96. The van der Waals surface area contributed by atoms with Crippen LogP contribution in [0.3, 0.4) is 0 Å². The third-order valence-corrected chi connectivity index (χ3v) is 3.29. The minimum atomic E-state index is 0.408. The molecule has 0 aliphatic rings. The first-order chi connectivity index (χ1) is 11.3. The Morgan fingerprint density at radius 3 is 2.57 bits per heavy atom. The minimum Gasteiger partial charge on any atom is -0.493 e. The first-order valence-electron chi connectivity index (χ1n) is 7.32. The van der Waals surface area contributed by atoms with E-state index in [4.69, 9.17) is 14.5 Å². The van der Waals surface area contributed by atoms with Crippen LogP contribution in [-0.2, 0) is 13.0 Å². The highest BCUT2D eigenvalue weighted by Gasteiger charge is 2.08. The summed E-state index contributed by atoms with van der Waals surface area (Å²) in [5, 5.41) is 12.6. The van der Waals surface area contributed by atoms with E-state index in [1.807, 2.05) is 54.6 Å². The molecular formula is C17H17N3O3. The summed E-state index contributed by atoms with van der Waals surface area (Å²) >= 11 is 0. The maximum absolute atomic E-state index is 8.64. The highest BCUT2D eigenvalue weighted by molar-refractivity contribution is 5.51. The van der Waals surface area contributed by atoms with Crippen molar-refractivity contribution in [3.05, 3.63) is 66.0 Å². The summed E-state index contributed by atoms with van der Waals surface area (Å²) in [6.07, 6.45) is 0.566. The van der Waals surface area contributed by atoms with Crippen molar-refractivity contribution in [3.63, 3.8) is 0 Å². The first kappa shape index (κ1) is 15.2. The molecule has 2 aromatic carbocycles. The summed E-state index contributed by atoms with van der Waals surface area (Å²) < 4.78 is 10.9. The lowest BCUT2D eigenvalue weighted by Crippen LogP contribution is -2.06. The molecule has 0 saturated carbocycles. The van der Waals surface area contributed by atoms with Crippen LogP contribution < -0.4 is 10.2 Å². The number of ether oxygens (including phenoxy) is 1. The molecule has 0 bridgehead atoms. The molecule has 1 aromatic heterocycles. The number of hydrogen-bond acceptors (Lipinski definition) is 6. The van der Waals surface area contributed by atoms with E-state index in [1.54, 1.807) is 0 Å². The normalized spacial score (nSPS) is 10.7. The Bertz CT molecular complexity index is 726. The number of aromatic nitrogens is 2. The van der Waals surface area contributed by atoms with Crippen LogP contribution in [0.15, 0.2) is 59.1 Å². The van der Waals surface area contributed by atoms with Gasteiger partial charge in [-0.2, -0.15) is 4.98 Å². The molecule has 0 atom stereocenters. The van der Waals surface area contributed by atoms with E-state index in [0.29, 0.717) is 31.3 Å². The first-order valence-corrected chi connectivity index (χ1v) is 7.32. The molecule has 2 N–H and O–H groups in total. The van der Waals surface area contributed by atoms with Crippen molar-refractivity contribution in [3.8, 4) is 17.2 Å². The molecule has 0 aliphatic heterocycles. The van der Waals surface area contributed by atoms with Gasteiger partial charge < -0.3 is 14.5 Å². The Hall–Kier alpha value is -2.70. The van der Waals surface area contributed by atoms with Crippen molar-refractivity contribution in [2.24, 2.45) is 0 Å². The molecule has 6 heteroatoms. The van der Waals surface area contributed by atoms with Crippen molar-refractivity contribution in [2.75, 3.05) is 6.61 Å². The van der Waals surface area contributed by atoms with Gasteiger partial charge in [0.05, 0.1) is 6.61 Å². The van der Waals surface area contributed by atoms with Gasteiger partial charge >= 0.3 is 0 Å². The van der Waals surface area contributed by atoms with Crippen LogP contribution in [0.4, 0.5) is 0 Å². The van der Waals surface area contributed by atoms with Crippen molar-refractivity contribution in [1.82, 2.24) is 15.6 Å². The van der Waals surface area contributed by atoms with Crippen LogP contribution in [0.25, 0.3) is 11.5 Å². The lowest BCUT2D eigenvalue weighted by molar-refractivity contribution is 0.161. The van der Waals surface area contributed by atoms with Crippen molar-refractivity contribution >= 4 is 0 Å². The lowest BCUT2D eigenvalue weighted by atomic mass is 10.2. The monoisotopic (exact) mass is 311 g/mol. The number of benzene rings is 2. The standard InChI is InChI=1S/C17H17N3O3/c21-18-12-13-6-8-15(9-7-13)22-11-10-16-19-17(23-20-16)14-4-2-1-3-5-14/h1-9,18,21H,10-12H2. The van der Waals surface area contributed by atoms with Gasteiger partial charge in [-0.05, 0) is 29.8 Å². The molecule has 6 nitrogen and oxygen atoms in total. The smallest absolute Gasteiger partial charge is 0.257 e. The lowest BCUT2D eigenvalue weighted by Gasteiger charge is -2.05. The fourth-order valence-corrected chi connectivity index (χ4v) is 2.11. The van der Waals surface area contributed by atoms with Gasteiger partial charge in [0.1, 0.15) is 5.75 Å². The van der Waals surface area contributed by atoms with Crippen LogP contribution in [0, 0.1) is 0 Å². The third kappa shape index (κ3) is 4.15. The topological polar surface area (TPSA) is 80.4 Å². The number of hydrogen-bond donors (Lipinski definition) is 2. The van der Waals surface area contributed by atoms with E-state index < -0.39 is 0 Å². The fraction of sp³-hybridized carbons (Fsp3) is 0.176. The van der Waals surface area contributed by atoms with E-state index in [1.165, 1.54) is 0 Å². The predicted molar refractivity (Wildman–Crippen MR) is 84.0 cm³/mol. The maximum Gasteiger partial charge on any atom is 0.257 e. The molecule has 0 saturated heterocycles. The van der Waals surface area contributed by atoms with Gasteiger partial charge in [-0.1, -0.05) is 35.5 Å². The van der Waals surface area contributed by atoms with Gasteiger partial charge in [0.25, 0.3) is 5.89 Å². The second-order valence-corrected chi connectivity index (χ2v) is 4.96. The largest absolute Gasteiger partial charge is 0.493 e. The maximum atomic E-state index is 8.64. The van der Waals surface area contributed by atoms with Crippen molar-refractivity contribution in [1.29, 1.82) is 0 Å². The molecule has 0 radical (unpaired) electrons. The molecule has 0 spiro atoms. The summed E-state index contributed by atoms with van der Waals surface area (Å²) in [5.74, 6) is 1.89. The van der Waals surface area contributed by atoms with Crippen molar-refractivity contribution in [2.45, 2.75) is 13.0 Å². The van der Waals surface area contributed by atoms with E-state index in [2.05, 4.69) is 15.6 Å². The number of hydroxylamine groups is 1. The molecule has 3 rings (SSSR count). The van der Waals surface area contributed by atoms with Gasteiger partial charge in [0.15, 0.2) is 5.82 Å². The van der Waals surface area contributed by atoms with Gasteiger partial charge in [-0.25, -0.2) is 5.48 Å². The molecule has 1 heterocycles. The van der Waals surface area contributed by atoms with Gasteiger partial charge in [0, 0.05) is 18.5 Å². The highest BCUT2D eigenvalue weighted by Crippen LogP contribution is 2.16. The summed E-state index contributed by atoms with van der Waals surface area (Å²) in [6.45, 7) is 0.872. The summed E-state index contributed by atoms with van der Waals surface area (Å²) in [7, 11) is 0. The zero-order valence-corrected chi connectivity index (χ0v) is 12.5. The Balaban J connectivity index is 1.52. The van der Waals surface area contributed by atoms with Crippen molar-refractivity contribution < 1.29 is 14.5 Å². The Morgan fingerprint density at radius 1 is 1.04 bits per heavy atom. The predicted octanol–water partition coefficient (Wildman–Crippen LogP) is 2.84. The van der Waals surface area contributed by atoms with Crippen LogP contribution >= 0.6 is 0 Å². The van der Waals surface area contributed by atoms with E-state index in [9.17, 15) is 0 Å². The molecule has 3 aromatic rings. The van der Waals surface area contributed by atoms with E-state index in [0.717, 1.165) is 16.9 Å². The van der Waals surface area contributed by atoms with Crippen LogP contribution in [0.2, 0.25) is 0 Å². The third-order valence-electron chi connectivity index (χ3n) is 3.29. The Kier molecular flexibility index (Phi) is 4.98. The van der Waals surface area contributed by atoms with Gasteiger partial charge in [-0.15, -0.1) is 0 Å². The summed E-state index contributed by atoms with van der Waals surface area (Å²) in [6, 6.07) is 17.2. The number of nitrogens with zero attached hydrogens (tertiary/aromatic N) is 2. The fourth-order valence-electron chi connectivity index (χ4n) is 2.11. The Labute approximate surface area is 133 Å². The molecule has 118 valence electrons. The highest BCUT2D eigenvalue weighted by atomic mass is 16.5. The zero-order valence-electron chi connectivity index (χ0n) is 12.5. The molecule has 0 amide bonds. The SMILES string of the molecule is ONCc1ccc(OCCc2noc(-c3ccccc3)n2)cc1. The molecular weight excluding hydrogens is 294 g/mol. The van der Waals surface area contributed by atoms with E-state index in [-0.39, 0.29) is 0 Å². The van der Waals surface area contributed by atoms with Crippen LogP contribution in [-0.4, -0.2) is 22.0 Å². The van der Waals surface area contributed by atoms with E-state index >= 15 is 0 Å². The molecule has 0 aliphatic carbocycles. The Morgan fingerprint density at radius 2 is 1.83 bits per heavy atom. The number of nitrogens with one attached hydrogen (secondary N) is 1.